The molecule has 6 heteroatoms. The SMILES string of the molecule is COC(=O)[C@@H]1CSC2(CCN(C(=O)C(C)C)CC2)N1. The molecule has 19 heavy (non-hydrogen) atoms. The first kappa shape index (κ1) is 14.7. The minimum absolute atomic E-state index is 0.0490. The summed E-state index contributed by atoms with van der Waals surface area (Å²) in [5.41, 5.74) is 0. The standard InChI is InChI=1S/C13H22N2O3S/c1-9(2)11(16)15-6-4-13(5-7-15)14-10(8-19-13)12(17)18-3/h9-10,14H,4-8H2,1-3H3/t10-/m0/s1. The van der Waals surface area contributed by atoms with E-state index in [9.17, 15) is 9.59 Å². The molecule has 2 fully saturated rings. The van der Waals surface area contributed by atoms with E-state index in [0.29, 0.717) is 0 Å². The Morgan fingerprint density at radius 1 is 1.37 bits per heavy atom. The van der Waals surface area contributed by atoms with E-state index in [2.05, 4.69) is 5.32 Å². The van der Waals surface area contributed by atoms with Crippen molar-refractivity contribution in [3.63, 3.8) is 0 Å². The van der Waals surface area contributed by atoms with Gasteiger partial charge in [-0.15, -0.1) is 11.8 Å². The Hall–Kier alpha value is -0.750. The van der Waals surface area contributed by atoms with E-state index in [4.69, 9.17) is 4.74 Å². The first-order chi connectivity index (χ1) is 8.97. The zero-order valence-electron chi connectivity index (χ0n) is 11.8. The van der Waals surface area contributed by atoms with E-state index in [1.165, 1.54) is 7.11 Å². The number of hydrogen-bond donors (Lipinski definition) is 1. The van der Waals surface area contributed by atoms with E-state index in [1.807, 2.05) is 18.7 Å². The van der Waals surface area contributed by atoms with Crippen LogP contribution in [0.15, 0.2) is 0 Å². The number of likely N-dealkylation sites (tertiary alicyclic amines) is 1. The van der Waals surface area contributed by atoms with Gasteiger partial charge in [0.1, 0.15) is 6.04 Å². The monoisotopic (exact) mass is 286 g/mol. The van der Waals surface area contributed by atoms with Crippen LogP contribution in [0.4, 0.5) is 0 Å². The van der Waals surface area contributed by atoms with E-state index in [0.717, 1.165) is 31.7 Å². The van der Waals surface area contributed by atoms with Crippen LogP contribution < -0.4 is 5.32 Å². The molecule has 0 radical (unpaired) electrons. The Labute approximate surface area is 118 Å². The van der Waals surface area contributed by atoms with Crippen LogP contribution in [0.1, 0.15) is 26.7 Å². The fourth-order valence-corrected chi connectivity index (χ4v) is 4.06. The van der Waals surface area contributed by atoms with E-state index >= 15 is 0 Å². The predicted octanol–water partition coefficient (Wildman–Crippen LogP) is 0.839. The van der Waals surface area contributed by atoms with E-state index in [1.54, 1.807) is 11.8 Å². The second-order valence-electron chi connectivity index (χ2n) is 5.51. The van der Waals surface area contributed by atoms with Crippen LogP contribution in [-0.4, -0.2) is 53.6 Å². The Morgan fingerprint density at radius 2 is 2.00 bits per heavy atom. The van der Waals surface area contributed by atoms with Crippen molar-refractivity contribution in [1.82, 2.24) is 10.2 Å². The number of hydrogen-bond acceptors (Lipinski definition) is 5. The molecule has 2 saturated heterocycles. The van der Waals surface area contributed by atoms with E-state index < -0.39 is 0 Å². The molecule has 1 spiro atoms. The Morgan fingerprint density at radius 3 is 2.53 bits per heavy atom. The number of methoxy groups -OCH3 is 1. The Balaban J connectivity index is 1.90. The highest BCUT2D eigenvalue weighted by Crippen LogP contribution is 2.39. The van der Waals surface area contributed by atoms with Crippen LogP contribution in [0.5, 0.6) is 0 Å². The van der Waals surface area contributed by atoms with Crippen LogP contribution in [0.25, 0.3) is 0 Å². The molecule has 0 aromatic rings. The number of carbonyl (C=O) groups excluding carboxylic acids is 2. The first-order valence-electron chi connectivity index (χ1n) is 6.76. The molecule has 2 aliphatic heterocycles. The largest absolute Gasteiger partial charge is 0.468 e. The zero-order valence-corrected chi connectivity index (χ0v) is 12.6. The minimum atomic E-state index is -0.206. The summed E-state index contributed by atoms with van der Waals surface area (Å²) < 4.78 is 4.78. The number of piperidine rings is 1. The molecule has 1 N–H and O–H groups in total. The summed E-state index contributed by atoms with van der Waals surface area (Å²) in [6, 6.07) is -0.206. The van der Waals surface area contributed by atoms with Gasteiger partial charge in [0, 0.05) is 24.8 Å². The molecule has 2 rings (SSSR count). The molecule has 5 nitrogen and oxygen atoms in total. The topological polar surface area (TPSA) is 58.6 Å². The van der Waals surface area contributed by atoms with Crippen LogP contribution in [-0.2, 0) is 14.3 Å². The summed E-state index contributed by atoms with van der Waals surface area (Å²) in [6.45, 7) is 5.40. The number of nitrogens with one attached hydrogen (secondary N) is 1. The van der Waals surface area contributed by atoms with Crippen LogP contribution in [0.3, 0.4) is 0 Å². The van der Waals surface area contributed by atoms with Gasteiger partial charge in [-0.2, -0.15) is 0 Å². The molecule has 0 aliphatic carbocycles. The van der Waals surface area contributed by atoms with Crippen molar-refractivity contribution in [2.75, 3.05) is 26.0 Å². The molecule has 1 amide bonds. The average molecular weight is 286 g/mol. The smallest absolute Gasteiger partial charge is 0.323 e. The summed E-state index contributed by atoms with van der Waals surface area (Å²) in [7, 11) is 1.42. The van der Waals surface area contributed by atoms with Gasteiger partial charge in [0.25, 0.3) is 0 Å². The summed E-state index contributed by atoms with van der Waals surface area (Å²) in [4.78, 5) is 25.4. The lowest BCUT2D eigenvalue weighted by atomic mass is 10.0. The number of carbonyl (C=O) groups is 2. The maximum absolute atomic E-state index is 11.9. The maximum atomic E-state index is 11.9. The molecule has 0 aromatic heterocycles. The van der Waals surface area contributed by atoms with Crippen LogP contribution in [0, 0.1) is 5.92 Å². The van der Waals surface area contributed by atoms with Crippen molar-refractivity contribution in [2.45, 2.75) is 37.6 Å². The number of thioether (sulfide) groups is 1. The highest BCUT2D eigenvalue weighted by Gasteiger charge is 2.44. The molecule has 0 unspecified atom stereocenters. The highest BCUT2D eigenvalue weighted by atomic mass is 32.2. The fraction of sp³-hybridized carbons (Fsp3) is 0.846. The minimum Gasteiger partial charge on any atom is -0.468 e. The molecule has 0 aromatic carbocycles. The van der Waals surface area contributed by atoms with Gasteiger partial charge < -0.3 is 9.64 Å². The molecule has 1 atom stereocenters. The molecule has 0 bridgehead atoms. The quantitative estimate of drug-likeness (QED) is 0.762. The number of nitrogens with zero attached hydrogens (tertiary/aromatic N) is 1. The summed E-state index contributed by atoms with van der Waals surface area (Å²) in [5.74, 6) is 0.846. The Kier molecular flexibility index (Phi) is 4.40. The van der Waals surface area contributed by atoms with Crippen molar-refractivity contribution < 1.29 is 14.3 Å². The third-order valence-electron chi connectivity index (χ3n) is 3.83. The highest BCUT2D eigenvalue weighted by molar-refractivity contribution is 8.01. The van der Waals surface area contributed by atoms with Gasteiger partial charge in [-0.3, -0.25) is 14.9 Å². The lowest BCUT2D eigenvalue weighted by Crippen LogP contribution is -2.53. The van der Waals surface area contributed by atoms with Gasteiger partial charge in [-0.1, -0.05) is 13.8 Å². The van der Waals surface area contributed by atoms with Crippen molar-refractivity contribution in [3.8, 4) is 0 Å². The molecule has 108 valence electrons. The fourth-order valence-electron chi connectivity index (χ4n) is 2.66. The van der Waals surface area contributed by atoms with Crippen molar-refractivity contribution >= 4 is 23.6 Å². The van der Waals surface area contributed by atoms with Gasteiger partial charge in [0.2, 0.25) is 5.91 Å². The third-order valence-corrected chi connectivity index (χ3v) is 5.40. The molecule has 2 heterocycles. The van der Waals surface area contributed by atoms with Crippen molar-refractivity contribution in [2.24, 2.45) is 5.92 Å². The first-order valence-corrected chi connectivity index (χ1v) is 7.74. The maximum Gasteiger partial charge on any atom is 0.323 e. The predicted molar refractivity (Wildman–Crippen MR) is 74.8 cm³/mol. The summed E-state index contributed by atoms with van der Waals surface area (Å²) >= 11 is 1.79. The summed E-state index contributed by atoms with van der Waals surface area (Å²) in [6.07, 6.45) is 1.78. The van der Waals surface area contributed by atoms with Gasteiger partial charge in [0.05, 0.1) is 12.0 Å². The van der Waals surface area contributed by atoms with Gasteiger partial charge in [-0.25, -0.2) is 0 Å². The lowest BCUT2D eigenvalue weighted by Gasteiger charge is -2.39. The van der Waals surface area contributed by atoms with Crippen LogP contribution in [0.2, 0.25) is 0 Å². The van der Waals surface area contributed by atoms with Crippen LogP contribution >= 0.6 is 11.8 Å². The number of rotatable bonds is 2. The normalized spacial score (nSPS) is 25.9. The molecule has 2 aliphatic rings. The number of ether oxygens (including phenoxy) is 1. The summed E-state index contributed by atoms with van der Waals surface area (Å²) in [5, 5.41) is 3.40. The number of amides is 1. The third kappa shape index (κ3) is 3.05. The molecular weight excluding hydrogens is 264 g/mol. The zero-order chi connectivity index (χ0) is 14.0. The second kappa shape index (κ2) is 5.71. The van der Waals surface area contributed by atoms with Crippen molar-refractivity contribution in [3.05, 3.63) is 0 Å². The lowest BCUT2D eigenvalue weighted by molar-refractivity contribution is -0.143. The van der Waals surface area contributed by atoms with Gasteiger partial charge in [0.15, 0.2) is 0 Å². The number of esters is 1. The molecular formula is C13H22N2O3S. The Bertz CT molecular complexity index is 365. The van der Waals surface area contributed by atoms with Gasteiger partial charge >= 0.3 is 5.97 Å². The van der Waals surface area contributed by atoms with Crippen molar-refractivity contribution in [1.29, 1.82) is 0 Å². The van der Waals surface area contributed by atoms with Gasteiger partial charge in [-0.05, 0) is 12.8 Å². The van der Waals surface area contributed by atoms with E-state index in [-0.39, 0.29) is 28.7 Å². The molecule has 0 saturated carbocycles. The second-order valence-corrected chi connectivity index (χ2v) is 6.91. The average Bonchev–Trinajstić information content (AvgIpc) is 2.82.